The second kappa shape index (κ2) is 17.3. The van der Waals surface area contributed by atoms with Crippen LogP contribution in [-0.4, -0.2) is 0 Å². The van der Waals surface area contributed by atoms with Crippen LogP contribution in [0.4, 0.5) is 0 Å². The van der Waals surface area contributed by atoms with Crippen molar-refractivity contribution < 1.29 is 0 Å². The van der Waals surface area contributed by atoms with E-state index in [0.29, 0.717) is 11.8 Å². The average molecular weight is 295 g/mol. The molecule has 21 heavy (non-hydrogen) atoms. The highest BCUT2D eigenvalue weighted by molar-refractivity contribution is 5.36. The molecule has 0 radical (unpaired) electrons. The van der Waals surface area contributed by atoms with Crippen LogP contribution in [0.5, 0.6) is 0 Å². The Balaban J connectivity index is -0.000000343. The number of rotatable bonds is 3. The summed E-state index contributed by atoms with van der Waals surface area (Å²) >= 11 is 0. The highest BCUT2D eigenvalue weighted by Gasteiger charge is 2.26. The van der Waals surface area contributed by atoms with Crippen molar-refractivity contribution in [1.82, 2.24) is 0 Å². The predicted molar refractivity (Wildman–Crippen MR) is 103 cm³/mol. The Morgan fingerprint density at radius 1 is 0.857 bits per heavy atom. The molecule has 0 saturated heterocycles. The Kier molecular flexibility index (Phi) is 20.7. The van der Waals surface area contributed by atoms with Crippen LogP contribution in [0, 0.1) is 17.8 Å². The summed E-state index contributed by atoms with van der Waals surface area (Å²) in [5.74, 6) is 2.06. The first kappa shape index (κ1) is 25.2. The molecule has 1 aliphatic carbocycles. The molecule has 3 unspecified atom stereocenters. The molecular weight excluding hydrogens is 252 g/mol. The summed E-state index contributed by atoms with van der Waals surface area (Å²) in [4.78, 5) is 0. The van der Waals surface area contributed by atoms with Gasteiger partial charge in [0.1, 0.15) is 0 Å². The van der Waals surface area contributed by atoms with Crippen molar-refractivity contribution in [2.24, 2.45) is 17.8 Å². The normalized spacial score (nSPS) is 23.4. The van der Waals surface area contributed by atoms with E-state index in [0.717, 1.165) is 5.92 Å². The second-order valence-electron chi connectivity index (χ2n) is 5.22. The SMILES string of the molecule is C=CC1=C(C=C)C(C)C(C)CC1C.CC.CC.CCCC. The van der Waals surface area contributed by atoms with Gasteiger partial charge in [0.05, 0.1) is 0 Å². The molecular formula is C21H42. The topological polar surface area (TPSA) is 0 Å². The summed E-state index contributed by atoms with van der Waals surface area (Å²) in [7, 11) is 0. The highest BCUT2D eigenvalue weighted by Crippen LogP contribution is 2.38. The minimum absolute atomic E-state index is 0.640. The van der Waals surface area contributed by atoms with Crippen LogP contribution in [0.1, 0.15) is 81.6 Å². The third kappa shape index (κ3) is 9.72. The van der Waals surface area contributed by atoms with E-state index >= 15 is 0 Å². The fraction of sp³-hybridized carbons (Fsp3) is 0.714. The Hall–Kier alpha value is -0.780. The first-order valence-corrected chi connectivity index (χ1v) is 9.02. The van der Waals surface area contributed by atoms with Crippen molar-refractivity contribution in [1.29, 1.82) is 0 Å². The van der Waals surface area contributed by atoms with E-state index in [1.165, 1.54) is 30.4 Å². The van der Waals surface area contributed by atoms with Gasteiger partial charge in [-0.25, -0.2) is 0 Å². The van der Waals surface area contributed by atoms with Crippen LogP contribution in [0.25, 0.3) is 0 Å². The molecule has 0 nitrogen and oxygen atoms in total. The molecule has 0 aliphatic heterocycles. The molecule has 0 amide bonds. The van der Waals surface area contributed by atoms with E-state index in [2.05, 4.69) is 47.8 Å². The van der Waals surface area contributed by atoms with Gasteiger partial charge >= 0.3 is 0 Å². The Morgan fingerprint density at radius 3 is 1.52 bits per heavy atom. The first-order valence-electron chi connectivity index (χ1n) is 9.02. The van der Waals surface area contributed by atoms with E-state index < -0.39 is 0 Å². The van der Waals surface area contributed by atoms with Crippen LogP contribution < -0.4 is 0 Å². The van der Waals surface area contributed by atoms with Gasteiger partial charge in [-0.05, 0) is 35.3 Å². The third-order valence-corrected chi connectivity index (χ3v) is 3.87. The fourth-order valence-electron chi connectivity index (χ4n) is 2.37. The highest BCUT2D eigenvalue weighted by atomic mass is 14.3. The molecule has 0 aromatic rings. The zero-order chi connectivity index (χ0) is 17.4. The van der Waals surface area contributed by atoms with Gasteiger partial charge in [0.25, 0.3) is 0 Å². The van der Waals surface area contributed by atoms with E-state index in [-0.39, 0.29) is 0 Å². The second-order valence-corrected chi connectivity index (χ2v) is 5.22. The summed E-state index contributed by atoms with van der Waals surface area (Å²) < 4.78 is 0. The minimum atomic E-state index is 0.640. The van der Waals surface area contributed by atoms with Gasteiger partial charge in [-0.15, -0.1) is 0 Å². The van der Waals surface area contributed by atoms with Crippen molar-refractivity contribution in [2.75, 3.05) is 0 Å². The maximum Gasteiger partial charge on any atom is -0.0162 e. The van der Waals surface area contributed by atoms with Gasteiger partial charge in [0.2, 0.25) is 0 Å². The minimum Gasteiger partial charge on any atom is -0.0988 e. The van der Waals surface area contributed by atoms with E-state index in [1.807, 2.05) is 39.8 Å². The molecule has 0 bridgehead atoms. The number of hydrogen-bond donors (Lipinski definition) is 0. The molecule has 1 aliphatic rings. The molecule has 0 N–H and O–H groups in total. The average Bonchev–Trinajstić information content (AvgIpc) is 2.54. The van der Waals surface area contributed by atoms with E-state index in [1.54, 1.807) is 0 Å². The Labute approximate surface area is 136 Å². The lowest BCUT2D eigenvalue weighted by Gasteiger charge is -2.33. The summed E-state index contributed by atoms with van der Waals surface area (Å²) in [6.07, 6.45) is 7.93. The molecule has 0 aromatic carbocycles. The van der Waals surface area contributed by atoms with Crippen LogP contribution in [0.2, 0.25) is 0 Å². The van der Waals surface area contributed by atoms with Crippen molar-refractivity contribution >= 4 is 0 Å². The molecule has 0 heteroatoms. The van der Waals surface area contributed by atoms with Crippen LogP contribution >= 0.6 is 0 Å². The Bertz CT molecular complexity index is 268. The van der Waals surface area contributed by atoms with Crippen LogP contribution in [0.15, 0.2) is 36.5 Å². The lowest BCUT2D eigenvalue weighted by molar-refractivity contribution is 0.343. The molecule has 1 rings (SSSR count). The summed E-state index contributed by atoms with van der Waals surface area (Å²) in [5, 5.41) is 0. The van der Waals surface area contributed by atoms with Crippen molar-refractivity contribution in [3.8, 4) is 0 Å². The van der Waals surface area contributed by atoms with Crippen molar-refractivity contribution in [3.05, 3.63) is 36.5 Å². The lowest BCUT2D eigenvalue weighted by atomic mass is 9.72. The zero-order valence-electron chi connectivity index (χ0n) is 16.4. The summed E-state index contributed by atoms with van der Waals surface area (Å²) in [5.41, 5.74) is 2.81. The standard InChI is InChI=1S/C13H20.C4H10.2C2H6/c1-6-12-10(4)8-9(3)11(5)13(12)7-2;1-3-4-2;2*1-2/h6-7,9-11H,1-2,8H2,3-5H3;3-4H2,1-2H3;2*1-2H3. The van der Waals surface area contributed by atoms with Crippen LogP contribution in [0.3, 0.4) is 0 Å². The number of allylic oxidation sites excluding steroid dienone is 4. The number of hydrogen-bond acceptors (Lipinski definition) is 0. The van der Waals surface area contributed by atoms with Gasteiger partial charge in [-0.3, -0.25) is 0 Å². The molecule has 0 heterocycles. The molecule has 3 atom stereocenters. The summed E-state index contributed by atoms with van der Waals surface area (Å²) in [6.45, 7) is 27.0. The van der Waals surface area contributed by atoms with Gasteiger partial charge in [-0.2, -0.15) is 0 Å². The van der Waals surface area contributed by atoms with Gasteiger partial charge in [0.15, 0.2) is 0 Å². The first-order chi connectivity index (χ1) is 10.0. The smallest absolute Gasteiger partial charge is 0.0162 e. The third-order valence-electron chi connectivity index (χ3n) is 3.87. The predicted octanol–water partition coefficient (Wildman–Crippen LogP) is 7.83. The number of unbranched alkanes of at least 4 members (excludes halogenated alkanes) is 1. The molecule has 0 spiro atoms. The van der Waals surface area contributed by atoms with Gasteiger partial charge in [-0.1, -0.05) is 100 Å². The van der Waals surface area contributed by atoms with Gasteiger partial charge < -0.3 is 0 Å². The zero-order valence-corrected chi connectivity index (χ0v) is 16.4. The molecule has 0 saturated carbocycles. The van der Waals surface area contributed by atoms with E-state index in [4.69, 9.17) is 0 Å². The quantitative estimate of drug-likeness (QED) is 0.497. The lowest BCUT2D eigenvalue weighted by Crippen LogP contribution is -2.21. The monoisotopic (exact) mass is 294 g/mol. The molecule has 0 aromatic heterocycles. The van der Waals surface area contributed by atoms with Crippen molar-refractivity contribution in [3.63, 3.8) is 0 Å². The molecule has 0 fully saturated rings. The van der Waals surface area contributed by atoms with E-state index in [9.17, 15) is 0 Å². The van der Waals surface area contributed by atoms with Gasteiger partial charge in [0, 0.05) is 0 Å². The maximum absolute atomic E-state index is 3.90. The fourth-order valence-corrected chi connectivity index (χ4v) is 2.37. The summed E-state index contributed by atoms with van der Waals surface area (Å²) in [6, 6.07) is 0. The maximum atomic E-state index is 3.90. The Morgan fingerprint density at radius 2 is 1.24 bits per heavy atom. The largest absolute Gasteiger partial charge is 0.0988 e. The van der Waals surface area contributed by atoms with Crippen molar-refractivity contribution in [2.45, 2.75) is 81.6 Å². The van der Waals surface area contributed by atoms with Crippen LogP contribution in [-0.2, 0) is 0 Å². The molecule has 126 valence electrons.